The molecule has 1 aromatic rings. The molecule has 2 atom stereocenters. The van der Waals surface area contributed by atoms with Crippen LogP contribution >= 0.6 is 0 Å². The first kappa shape index (κ1) is 15.9. The van der Waals surface area contributed by atoms with Crippen LogP contribution in [0.15, 0.2) is 24.3 Å². The number of ether oxygens (including phenoxy) is 1. The summed E-state index contributed by atoms with van der Waals surface area (Å²) in [7, 11) is 0. The van der Waals surface area contributed by atoms with Crippen LogP contribution in [-0.2, 0) is 4.74 Å². The van der Waals surface area contributed by atoms with E-state index in [-0.39, 0.29) is 5.97 Å². The Balaban J connectivity index is 1.91. The van der Waals surface area contributed by atoms with Crippen molar-refractivity contribution in [2.24, 2.45) is 11.8 Å². The third-order valence-electron chi connectivity index (χ3n) is 4.11. The van der Waals surface area contributed by atoms with Gasteiger partial charge in [0.15, 0.2) is 0 Å². The predicted octanol–water partition coefficient (Wildman–Crippen LogP) is 4.49. The van der Waals surface area contributed by atoms with Crippen LogP contribution in [-0.4, -0.2) is 18.6 Å². The van der Waals surface area contributed by atoms with Gasteiger partial charge in [-0.15, -0.1) is 0 Å². The van der Waals surface area contributed by atoms with Gasteiger partial charge in [0.25, 0.3) is 0 Å². The number of hydrogen-bond donors (Lipinski definition) is 1. The van der Waals surface area contributed by atoms with Crippen molar-refractivity contribution in [3.8, 4) is 0 Å². The maximum atomic E-state index is 11.7. The monoisotopic (exact) mass is 289 g/mol. The lowest BCUT2D eigenvalue weighted by Gasteiger charge is -2.32. The molecule has 0 saturated heterocycles. The summed E-state index contributed by atoms with van der Waals surface area (Å²) >= 11 is 0. The number of nitrogens with one attached hydrogen (secondary N) is 1. The molecule has 1 aliphatic rings. The van der Waals surface area contributed by atoms with Crippen molar-refractivity contribution in [2.45, 2.75) is 52.5 Å². The topological polar surface area (TPSA) is 38.3 Å². The van der Waals surface area contributed by atoms with Crippen LogP contribution in [0.3, 0.4) is 0 Å². The molecule has 1 N–H and O–H groups in total. The molecule has 2 rings (SSSR count). The third-order valence-corrected chi connectivity index (χ3v) is 4.11. The van der Waals surface area contributed by atoms with Gasteiger partial charge in [-0.25, -0.2) is 4.79 Å². The number of esters is 1. The first-order valence-electron chi connectivity index (χ1n) is 8.12. The Hall–Kier alpha value is -1.51. The van der Waals surface area contributed by atoms with E-state index >= 15 is 0 Å². The highest BCUT2D eigenvalue weighted by Crippen LogP contribution is 2.30. The zero-order valence-corrected chi connectivity index (χ0v) is 13.4. The summed E-state index contributed by atoms with van der Waals surface area (Å²) in [5.74, 6) is 1.34. The molecule has 0 bridgehead atoms. The molecule has 21 heavy (non-hydrogen) atoms. The average molecular weight is 289 g/mol. The van der Waals surface area contributed by atoms with E-state index in [0.29, 0.717) is 18.2 Å². The molecule has 1 fully saturated rings. The lowest BCUT2D eigenvalue weighted by Crippen LogP contribution is -2.30. The Kier molecular flexibility index (Phi) is 5.66. The summed E-state index contributed by atoms with van der Waals surface area (Å²) in [6.07, 6.45) is 4.64. The van der Waals surface area contributed by atoms with Crippen molar-refractivity contribution in [1.29, 1.82) is 0 Å². The molecule has 1 aromatic carbocycles. The van der Waals surface area contributed by atoms with Crippen molar-refractivity contribution in [3.63, 3.8) is 0 Å². The molecule has 0 amide bonds. The summed E-state index contributed by atoms with van der Waals surface area (Å²) in [5, 5.41) is 3.60. The zero-order valence-electron chi connectivity index (χ0n) is 13.4. The Morgan fingerprint density at radius 1 is 1.14 bits per heavy atom. The van der Waals surface area contributed by atoms with Crippen molar-refractivity contribution in [2.75, 3.05) is 11.9 Å². The van der Waals surface area contributed by atoms with Crippen LogP contribution in [0.5, 0.6) is 0 Å². The average Bonchev–Trinajstić information content (AvgIpc) is 2.44. The Bertz CT molecular complexity index is 445. The van der Waals surface area contributed by atoms with Gasteiger partial charge in [-0.1, -0.05) is 20.8 Å². The molecule has 1 saturated carbocycles. The van der Waals surface area contributed by atoms with Crippen molar-refractivity contribution in [1.82, 2.24) is 0 Å². The quantitative estimate of drug-likeness (QED) is 0.812. The van der Waals surface area contributed by atoms with Gasteiger partial charge >= 0.3 is 5.97 Å². The highest BCUT2D eigenvalue weighted by atomic mass is 16.5. The zero-order chi connectivity index (χ0) is 15.2. The second-order valence-corrected chi connectivity index (χ2v) is 6.47. The number of rotatable bonds is 5. The van der Waals surface area contributed by atoms with Crippen LogP contribution < -0.4 is 5.32 Å². The van der Waals surface area contributed by atoms with Crippen molar-refractivity contribution < 1.29 is 9.53 Å². The summed E-state index contributed by atoms with van der Waals surface area (Å²) < 4.78 is 5.14. The van der Waals surface area contributed by atoms with Gasteiger partial charge in [-0.3, -0.25) is 0 Å². The predicted molar refractivity (Wildman–Crippen MR) is 86.6 cm³/mol. The van der Waals surface area contributed by atoms with Crippen LogP contribution in [0.4, 0.5) is 5.69 Å². The standard InChI is InChI=1S/C18H27NO2/c1-4-9-21-18(20)15-5-7-16(8-6-15)19-17-11-13(2)10-14(3)12-17/h5-8,13-14,17,19H,4,9-12H2,1-3H3. The van der Waals surface area contributed by atoms with E-state index in [0.717, 1.165) is 23.9 Å². The number of carbonyl (C=O) groups is 1. The number of anilines is 1. The first-order chi connectivity index (χ1) is 10.1. The molecule has 3 heteroatoms. The largest absolute Gasteiger partial charge is 0.462 e. The Morgan fingerprint density at radius 3 is 2.33 bits per heavy atom. The Labute approximate surface area is 128 Å². The second kappa shape index (κ2) is 7.48. The summed E-state index contributed by atoms with van der Waals surface area (Å²) in [5.41, 5.74) is 1.72. The minimum atomic E-state index is -0.233. The van der Waals surface area contributed by atoms with Gasteiger partial charge in [0.05, 0.1) is 12.2 Å². The van der Waals surface area contributed by atoms with Crippen molar-refractivity contribution in [3.05, 3.63) is 29.8 Å². The smallest absolute Gasteiger partial charge is 0.338 e. The SMILES string of the molecule is CCCOC(=O)c1ccc(NC2CC(C)CC(C)C2)cc1. The molecule has 116 valence electrons. The first-order valence-corrected chi connectivity index (χ1v) is 8.12. The van der Waals surface area contributed by atoms with Gasteiger partial charge in [-0.2, -0.15) is 0 Å². The molecule has 0 heterocycles. The van der Waals surface area contributed by atoms with Crippen LogP contribution in [0.1, 0.15) is 56.8 Å². The van der Waals surface area contributed by atoms with Crippen LogP contribution in [0, 0.1) is 11.8 Å². The van der Waals surface area contributed by atoms with Gasteiger partial charge in [-0.05, 0) is 61.8 Å². The van der Waals surface area contributed by atoms with E-state index in [2.05, 4.69) is 19.2 Å². The van der Waals surface area contributed by atoms with E-state index in [1.807, 2.05) is 31.2 Å². The number of benzene rings is 1. The normalized spacial score (nSPS) is 25.4. The minimum absolute atomic E-state index is 0.233. The summed E-state index contributed by atoms with van der Waals surface area (Å²) in [6.45, 7) is 7.14. The highest BCUT2D eigenvalue weighted by Gasteiger charge is 2.23. The molecule has 1 aliphatic carbocycles. The van der Waals surface area contributed by atoms with Gasteiger partial charge < -0.3 is 10.1 Å². The molecule has 0 aliphatic heterocycles. The minimum Gasteiger partial charge on any atom is -0.462 e. The number of carbonyl (C=O) groups excluding carboxylic acids is 1. The molecular weight excluding hydrogens is 262 g/mol. The summed E-state index contributed by atoms with van der Waals surface area (Å²) in [4.78, 5) is 11.7. The van der Waals surface area contributed by atoms with E-state index < -0.39 is 0 Å². The van der Waals surface area contributed by atoms with Gasteiger partial charge in [0.1, 0.15) is 0 Å². The molecular formula is C18H27NO2. The van der Waals surface area contributed by atoms with Crippen LogP contribution in [0.2, 0.25) is 0 Å². The molecule has 0 aromatic heterocycles. The van der Waals surface area contributed by atoms with Gasteiger partial charge in [0, 0.05) is 11.7 Å². The third kappa shape index (κ3) is 4.76. The Morgan fingerprint density at radius 2 is 1.76 bits per heavy atom. The van der Waals surface area contributed by atoms with E-state index in [9.17, 15) is 4.79 Å². The number of hydrogen-bond acceptors (Lipinski definition) is 3. The van der Waals surface area contributed by atoms with Gasteiger partial charge in [0.2, 0.25) is 0 Å². The van der Waals surface area contributed by atoms with E-state index in [1.54, 1.807) is 0 Å². The lowest BCUT2D eigenvalue weighted by atomic mass is 9.80. The second-order valence-electron chi connectivity index (χ2n) is 6.47. The lowest BCUT2D eigenvalue weighted by molar-refractivity contribution is 0.0505. The fourth-order valence-corrected chi connectivity index (χ4v) is 3.28. The highest BCUT2D eigenvalue weighted by molar-refractivity contribution is 5.89. The molecule has 2 unspecified atom stereocenters. The fraction of sp³-hybridized carbons (Fsp3) is 0.611. The van der Waals surface area contributed by atoms with Crippen LogP contribution in [0.25, 0.3) is 0 Å². The summed E-state index contributed by atoms with van der Waals surface area (Å²) in [6, 6.07) is 8.19. The van der Waals surface area contributed by atoms with E-state index in [4.69, 9.17) is 4.74 Å². The molecule has 3 nitrogen and oxygen atoms in total. The maximum absolute atomic E-state index is 11.7. The van der Waals surface area contributed by atoms with E-state index in [1.165, 1.54) is 19.3 Å². The molecule has 0 radical (unpaired) electrons. The maximum Gasteiger partial charge on any atom is 0.338 e. The molecule has 0 spiro atoms. The fourth-order valence-electron chi connectivity index (χ4n) is 3.28. The van der Waals surface area contributed by atoms with Crippen molar-refractivity contribution >= 4 is 11.7 Å².